The summed E-state index contributed by atoms with van der Waals surface area (Å²) < 4.78 is 18.3. The minimum absolute atomic E-state index is 0.0106. The topological polar surface area (TPSA) is 87.7 Å². The maximum Gasteiger partial charge on any atom is 0.249 e. The lowest BCUT2D eigenvalue weighted by Crippen LogP contribution is -2.52. The Labute approximate surface area is 210 Å². The standard InChI is InChI=1S/C27H30FN5O3/c1-17-24-25(32(3)18(2)26(35)33(24)13-14-36-4)31-27(30-17)29-16-20-5-9-21(10-6-20)23(34)15-19-7-11-22(28)12-8-19/h5-12,18H,13-16H2,1-4H3,(H,29,30,31). The van der Waals surface area contributed by atoms with Crippen molar-refractivity contribution in [2.75, 3.05) is 42.4 Å². The van der Waals surface area contributed by atoms with E-state index in [0.29, 0.717) is 48.4 Å². The number of Topliss-reactive ketones (excluding diaryl/α,β-unsaturated/α-hetero) is 1. The first kappa shape index (κ1) is 25.2. The van der Waals surface area contributed by atoms with Crippen molar-refractivity contribution in [1.82, 2.24) is 9.97 Å². The number of aryl methyl sites for hydroxylation is 1. The lowest BCUT2D eigenvalue weighted by atomic mass is 10.0. The number of ketones is 1. The number of amides is 1. The largest absolute Gasteiger partial charge is 0.383 e. The number of hydrogen-bond donors (Lipinski definition) is 1. The van der Waals surface area contributed by atoms with Crippen LogP contribution in [-0.2, 0) is 22.5 Å². The van der Waals surface area contributed by atoms with Crippen molar-refractivity contribution in [3.63, 3.8) is 0 Å². The number of rotatable bonds is 9. The van der Waals surface area contributed by atoms with Crippen LogP contribution in [-0.4, -0.2) is 55.0 Å². The minimum atomic E-state index is -0.350. The molecule has 8 nitrogen and oxygen atoms in total. The summed E-state index contributed by atoms with van der Waals surface area (Å²) in [5.41, 5.74) is 3.74. The number of hydrogen-bond acceptors (Lipinski definition) is 7. The molecular formula is C27H30FN5O3. The Morgan fingerprint density at radius 3 is 2.42 bits per heavy atom. The van der Waals surface area contributed by atoms with E-state index in [1.807, 2.05) is 37.9 Å². The summed E-state index contributed by atoms with van der Waals surface area (Å²) in [6.45, 7) is 5.04. The number of benzene rings is 2. The summed E-state index contributed by atoms with van der Waals surface area (Å²) in [6.07, 6.45) is 0.218. The van der Waals surface area contributed by atoms with Crippen molar-refractivity contribution in [2.45, 2.75) is 32.9 Å². The van der Waals surface area contributed by atoms with Crippen LogP contribution in [0.2, 0.25) is 0 Å². The van der Waals surface area contributed by atoms with Crippen molar-refractivity contribution in [2.24, 2.45) is 0 Å². The molecule has 1 aliphatic rings. The van der Waals surface area contributed by atoms with Gasteiger partial charge in [-0.05, 0) is 37.1 Å². The van der Waals surface area contributed by atoms with E-state index in [1.165, 1.54) is 12.1 Å². The first-order valence-corrected chi connectivity index (χ1v) is 11.8. The predicted octanol–water partition coefficient (Wildman–Crippen LogP) is 3.78. The Hall–Kier alpha value is -3.85. The molecule has 1 aliphatic heterocycles. The fraction of sp³-hybridized carbons (Fsp3) is 0.333. The Morgan fingerprint density at radius 2 is 1.75 bits per heavy atom. The van der Waals surface area contributed by atoms with Gasteiger partial charge < -0.3 is 19.9 Å². The molecule has 0 spiro atoms. The zero-order valence-electron chi connectivity index (χ0n) is 20.9. The van der Waals surface area contributed by atoms with E-state index in [2.05, 4.69) is 10.3 Å². The summed E-state index contributed by atoms with van der Waals surface area (Å²) >= 11 is 0. The lowest BCUT2D eigenvalue weighted by Gasteiger charge is -2.39. The molecule has 0 fully saturated rings. The third kappa shape index (κ3) is 5.36. The van der Waals surface area contributed by atoms with Crippen molar-refractivity contribution < 1.29 is 18.7 Å². The van der Waals surface area contributed by atoms with E-state index in [9.17, 15) is 14.0 Å². The number of anilines is 3. The molecule has 1 aromatic heterocycles. The van der Waals surface area contributed by atoms with Crippen molar-refractivity contribution in [3.05, 3.63) is 76.7 Å². The third-order valence-corrected chi connectivity index (χ3v) is 6.37. The van der Waals surface area contributed by atoms with Crippen LogP contribution in [0, 0.1) is 12.7 Å². The SMILES string of the molecule is COCCN1C(=O)C(C)N(C)c2nc(NCc3ccc(C(=O)Cc4ccc(F)cc4)cc3)nc(C)c21. The highest BCUT2D eigenvalue weighted by Gasteiger charge is 2.36. The molecule has 3 aromatic rings. The number of likely N-dealkylation sites (N-methyl/N-ethyl adjacent to an activating group) is 1. The fourth-order valence-corrected chi connectivity index (χ4v) is 4.16. The minimum Gasteiger partial charge on any atom is -0.383 e. The molecule has 188 valence electrons. The Kier molecular flexibility index (Phi) is 7.59. The van der Waals surface area contributed by atoms with E-state index in [1.54, 1.807) is 36.3 Å². The first-order chi connectivity index (χ1) is 17.3. The number of ether oxygens (including phenoxy) is 1. The second-order valence-electron chi connectivity index (χ2n) is 8.85. The summed E-state index contributed by atoms with van der Waals surface area (Å²) in [4.78, 5) is 38.3. The van der Waals surface area contributed by atoms with Crippen LogP contribution in [0.25, 0.3) is 0 Å². The first-order valence-electron chi connectivity index (χ1n) is 11.8. The molecule has 0 aliphatic carbocycles. The van der Waals surface area contributed by atoms with Crippen LogP contribution in [0.4, 0.5) is 21.8 Å². The van der Waals surface area contributed by atoms with Crippen LogP contribution >= 0.6 is 0 Å². The summed E-state index contributed by atoms with van der Waals surface area (Å²) in [5, 5.41) is 3.25. The van der Waals surface area contributed by atoms with Crippen LogP contribution < -0.4 is 15.1 Å². The summed E-state index contributed by atoms with van der Waals surface area (Å²) in [7, 11) is 3.46. The molecule has 1 atom stereocenters. The molecule has 1 unspecified atom stereocenters. The molecule has 0 radical (unpaired) electrons. The van der Waals surface area contributed by atoms with Gasteiger partial charge in [0.05, 0.1) is 12.3 Å². The Morgan fingerprint density at radius 1 is 1.08 bits per heavy atom. The summed E-state index contributed by atoms with van der Waals surface area (Å²) in [5.74, 6) is 0.792. The monoisotopic (exact) mass is 491 g/mol. The number of nitrogens with one attached hydrogen (secondary N) is 1. The molecule has 2 heterocycles. The van der Waals surface area contributed by atoms with Gasteiger partial charge in [-0.2, -0.15) is 4.98 Å². The number of halogens is 1. The normalized spacial score (nSPS) is 15.1. The van der Waals surface area contributed by atoms with Gasteiger partial charge in [0.15, 0.2) is 11.6 Å². The number of nitrogens with zero attached hydrogens (tertiary/aromatic N) is 4. The highest BCUT2D eigenvalue weighted by molar-refractivity contribution is 6.05. The smallest absolute Gasteiger partial charge is 0.249 e. The van der Waals surface area contributed by atoms with Crippen LogP contribution in [0.5, 0.6) is 0 Å². The quantitative estimate of drug-likeness (QED) is 0.456. The van der Waals surface area contributed by atoms with Gasteiger partial charge in [0, 0.05) is 39.2 Å². The predicted molar refractivity (Wildman–Crippen MR) is 137 cm³/mol. The molecule has 2 aromatic carbocycles. The molecule has 0 saturated heterocycles. The molecule has 1 N–H and O–H groups in total. The fourth-order valence-electron chi connectivity index (χ4n) is 4.16. The van der Waals surface area contributed by atoms with Gasteiger partial charge >= 0.3 is 0 Å². The van der Waals surface area contributed by atoms with E-state index < -0.39 is 0 Å². The number of carbonyl (C=O) groups is 2. The van der Waals surface area contributed by atoms with Gasteiger partial charge in [0.1, 0.15) is 17.5 Å². The maximum atomic E-state index is 13.1. The number of carbonyl (C=O) groups excluding carboxylic acids is 2. The highest BCUT2D eigenvalue weighted by atomic mass is 19.1. The van der Waals surface area contributed by atoms with Crippen LogP contribution in [0.1, 0.15) is 34.1 Å². The molecular weight excluding hydrogens is 461 g/mol. The van der Waals surface area contributed by atoms with Gasteiger partial charge in [-0.15, -0.1) is 0 Å². The van der Waals surface area contributed by atoms with Crippen molar-refractivity contribution in [3.8, 4) is 0 Å². The molecule has 36 heavy (non-hydrogen) atoms. The third-order valence-electron chi connectivity index (χ3n) is 6.37. The zero-order valence-corrected chi connectivity index (χ0v) is 20.9. The van der Waals surface area contributed by atoms with Gasteiger partial charge in [0.2, 0.25) is 11.9 Å². The lowest BCUT2D eigenvalue weighted by molar-refractivity contribution is -0.120. The Balaban J connectivity index is 1.45. The van der Waals surface area contributed by atoms with Crippen LogP contribution in [0.15, 0.2) is 48.5 Å². The maximum absolute atomic E-state index is 13.1. The molecule has 9 heteroatoms. The number of aromatic nitrogens is 2. The number of fused-ring (bicyclic) bond motifs is 1. The highest BCUT2D eigenvalue weighted by Crippen LogP contribution is 2.36. The molecule has 4 rings (SSSR count). The van der Waals surface area contributed by atoms with E-state index >= 15 is 0 Å². The molecule has 1 amide bonds. The number of methoxy groups -OCH3 is 1. The molecule has 0 bridgehead atoms. The Bertz CT molecular complexity index is 1250. The van der Waals surface area contributed by atoms with Crippen molar-refractivity contribution >= 4 is 29.1 Å². The van der Waals surface area contributed by atoms with Gasteiger partial charge in [-0.1, -0.05) is 36.4 Å². The zero-order chi connectivity index (χ0) is 25.8. The van der Waals surface area contributed by atoms with Crippen molar-refractivity contribution in [1.29, 1.82) is 0 Å². The van der Waals surface area contributed by atoms with E-state index in [-0.39, 0.29) is 30.0 Å². The average molecular weight is 492 g/mol. The van der Waals surface area contributed by atoms with E-state index in [0.717, 1.165) is 11.1 Å². The second-order valence-corrected chi connectivity index (χ2v) is 8.85. The van der Waals surface area contributed by atoms with E-state index in [4.69, 9.17) is 9.72 Å². The second kappa shape index (κ2) is 10.8. The average Bonchev–Trinajstić information content (AvgIpc) is 2.88. The summed E-state index contributed by atoms with van der Waals surface area (Å²) in [6, 6.07) is 13.0. The van der Waals surface area contributed by atoms with Gasteiger partial charge in [-0.25, -0.2) is 9.37 Å². The molecule has 0 saturated carbocycles. The van der Waals surface area contributed by atoms with Gasteiger partial charge in [-0.3, -0.25) is 9.59 Å². The van der Waals surface area contributed by atoms with Crippen LogP contribution in [0.3, 0.4) is 0 Å². The van der Waals surface area contributed by atoms with Gasteiger partial charge in [0.25, 0.3) is 0 Å².